The van der Waals surface area contributed by atoms with Crippen LogP contribution >= 0.6 is 0 Å². The SMILES string of the molecule is C#CC(CC)NCCC(C)S(C)=O. The maximum atomic E-state index is 11.0. The predicted octanol–water partition coefficient (Wildman–Crippen LogP) is 1.14. The van der Waals surface area contributed by atoms with Gasteiger partial charge in [-0.15, -0.1) is 6.42 Å². The molecule has 1 N–H and O–H groups in total. The van der Waals surface area contributed by atoms with Crippen LogP contribution in [0.1, 0.15) is 26.7 Å². The molecule has 0 aromatic rings. The summed E-state index contributed by atoms with van der Waals surface area (Å²) in [6.07, 6.45) is 8.89. The van der Waals surface area contributed by atoms with Crippen molar-refractivity contribution >= 4 is 10.8 Å². The highest BCUT2D eigenvalue weighted by Crippen LogP contribution is 1.98. The molecular weight excluding hydrogens is 182 g/mol. The summed E-state index contributed by atoms with van der Waals surface area (Å²) in [6.45, 7) is 4.90. The second-order valence-corrected chi connectivity index (χ2v) is 4.98. The van der Waals surface area contributed by atoms with E-state index in [9.17, 15) is 4.21 Å². The number of hydrogen-bond acceptors (Lipinski definition) is 2. The summed E-state index contributed by atoms with van der Waals surface area (Å²) in [5.74, 6) is 2.67. The lowest BCUT2D eigenvalue weighted by Gasteiger charge is -2.12. The Kier molecular flexibility index (Phi) is 6.93. The average molecular weight is 201 g/mol. The Morgan fingerprint density at radius 1 is 1.62 bits per heavy atom. The molecule has 0 saturated heterocycles. The fourth-order valence-electron chi connectivity index (χ4n) is 0.948. The molecule has 0 bridgehead atoms. The van der Waals surface area contributed by atoms with Crippen molar-refractivity contribution in [3.8, 4) is 12.3 Å². The molecule has 0 saturated carbocycles. The molecule has 13 heavy (non-hydrogen) atoms. The van der Waals surface area contributed by atoms with Crippen LogP contribution < -0.4 is 5.32 Å². The number of rotatable bonds is 6. The third-order valence-corrected chi connectivity index (χ3v) is 3.49. The third-order valence-electron chi connectivity index (χ3n) is 2.12. The summed E-state index contributed by atoms with van der Waals surface area (Å²) < 4.78 is 11.0. The van der Waals surface area contributed by atoms with E-state index in [1.165, 1.54) is 0 Å². The van der Waals surface area contributed by atoms with Crippen molar-refractivity contribution in [3.05, 3.63) is 0 Å². The highest BCUT2D eigenvalue weighted by atomic mass is 32.2. The van der Waals surface area contributed by atoms with E-state index in [2.05, 4.69) is 18.2 Å². The first kappa shape index (κ1) is 12.7. The fraction of sp³-hybridized carbons (Fsp3) is 0.800. The van der Waals surface area contributed by atoms with Crippen LogP contribution in [0.3, 0.4) is 0 Å². The van der Waals surface area contributed by atoms with Gasteiger partial charge in [-0.25, -0.2) is 0 Å². The molecule has 0 heterocycles. The van der Waals surface area contributed by atoms with Crippen LogP contribution in [-0.4, -0.2) is 28.3 Å². The molecule has 0 spiro atoms. The first-order valence-corrected chi connectivity index (χ1v) is 6.25. The van der Waals surface area contributed by atoms with Crippen LogP contribution in [0.2, 0.25) is 0 Å². The van der Waals surface area contributed by atoms with Gasteiger partial charge in [-0.1, -0.05) is 19.8 Å². The van der Waals surface area contributed by atoms with E-state index in [1.807, 2.05) is 6.92 Å². The van der Waals surface area contributed by atoms with Crippen LogP contribution in [0.15, 0.2) is 0 Å². The van der Waals surface area contributed by atoms with E-state index in [1.54, 1.807) is 6.26 Å². The first-order chi connectivity index (χ1) is 6.11. The summed E-state index contributed by atoms with van der Waals surface area (Å²) >= 11 is 0. The van der Waals surface area contributed by atoms with Crippen molar-refractivity contribution in [2.75, 3.05) is 12.8 Å². The Bertz CT molecular complexity index is 198. The number of terminal acetylenes is 1. The van der Waals surface area contributed by atoms with E-state index < -0.39 is 10.8 Å². The minimum Gasteiger partial charge on any atom is -0.304 e. The number of nitrogens with one attached hydrogen (secondary N) is 1. The van der Waals surface area contributed by atoms with Gasteiger partial charge in [0.05, 0.1) is 6.04 Å². The van der Waals surface area contributed by atoms with Crippen molar-refractivity contribution in [3.63, 3.8) is 0 Å². The summed E-state index contributed by atoms with van der Waals surface area (Å²) in [6, 6.07) is 0.164. The first-order valence-electron chi connectivity index (χ1n) is 4.63. The van der Waals surface area contributed by atoms with Crippen LogP contribution in [0.5, 0.6) is 0 Å². The van der Waals surface area contributed by atoms with E-state index in [0.717, 1.165) is 19.4 Å². The third kappa shape index (κ3) is 5.84. The Balaban J connectivity index is 3.56. The molecule has 2 nitrogen and oxygen atoms in total. The summed E-state index contributed by atoms with van der Waals surface area (Å²) in [5.41, 5.74) is 0. The standard InChI is InChI=1S/C10H19NOS/c1-5-10(6-2)11-8-7-9(3)13(4)12/h1,9-11H,6-8H2,2-4H3. The Morgan fingerprint density at radius 2 is 2.23 bits per heavy atom. The van der Waals surface area contributed by atoms with Gasteiger partial charge in [0.15, 0.2) is 0 Å². The maximum absolute atomic E-state index is 11.0. The molecule has 3 atom stereocenters. The van der Waals surface area contributed by atoms with Gasteiger partial charge in [0.1, 0.15) is 0 Å². The van der Waals surface area contributed by atoms with Crippen molar-refractivity contribution in [2.24, 2.45) is 0 Å². The minimum absolute atomic E-state index is 0.164. The summed E-state index contributed by atoms with van der Waals surface area (Å²) in [4.78, 5) is 0. The normalized spacial score (nSPS) is 17.4. The van der Waals surface area contributed by atoms with Gasteiger partial charge < -0.3 is 5.32 Å². The zero-order valence-electron chi connectivity index (χ0n) is 8.67. The van der Waals surface area contributed by atoms with E-state index in [0.29, 0.717) is 0 Å². The van der Waals surface area contributed by atoms with E-state index >= 15 is 0 Å². The lowest BCUT2D eigenvalue weighted by Crippen LogP contribution is -2.30. The molecule has 3 unspecified atom stereocenters. The smallest absolute Gasteiger partial charge is 0.0684 e. The van der Waals surface area contributed by atoms with Crippen molar-refractivity contribution in [2.45, 2.75) is 38.0 Å². The second-order valence-electron chi connectivity index (χ2n) is 3.18. The molecule has 0 aliphatic rings. The van der Waals surface area contributed by atoms with Crippen molar-refractivity contribution < 1.29 is 4.21 Å². The molecule has 0 aliphatic heterocycles. The van der Waals surface area contributed by atoms with Gasteiger partial charge >= 0.3 is 0 Å². The summed E-state index contributed by atoms with van der Waals surface area (Å²) in [5, 5.41) is 3.49. The van der Waals surface area contributed by atoms with E-state index in [4.69, 9.17) is 6.42 Å². The van der Waals surface area contributed by atoms with Crippen LogP contribution in [-0.2, 0) is 10.8 Å². The Morgan fingerprint density at radius 3 is 2.62 bits per heavy atom. The van der Waals surface area contributed by atoms with Gasteiger partial charge in [-0.3, -0.25) is 4.21 Å². The molecule has 0 rings (SSSR count). The molecule has 0 aromatic heterocycles. The molecule has 0 aromatic carbocycles. The molecule has 3 heteroatoms. The average Bonchev–Trinajstić information content (AvgIpc) is 2.12. The molecule has 76 valence electrons. The van der Waals surface area contributed by atoms with Gasteiger partial charge in [-0.2, -0.15) is 0 Å². The highest BCUT2D eigenvalue weighted by Gasteiger charge is 2.06. The molecular formula is C10H19NOS. The monoisotopic (exact) mass is 201 g/mol. The van der Waals surface area contributed by atoms with Gasteiger partial charge in [0.25, 0.3) is 0 Å². The van der Waals surface area contributed by atoms with Gasteiger partial charge in [0.2, 0.25) is 0 Å². The fourth-order valence-corrected chi connectivity index (χ4v) is 1.40. The van der Waals surface area contributed by atoms with Crippen molar-refractivity contribution in [1.82, 2.24) is 5.32 Å². The van der Waals surface area contributed by atoms with E-state index in [-0.39, 0.29) is 11.3 Å². The van der Waals surface area contributed by atoms with Crippen LogP contribution in [0.25, 0.3) is 0 Å². The lowest BCUT2D eigenvalue weighted by atomic mass is 10.2. The second kappa shape index (κ2) is 7.11. The predicted molar refractivity (Wildman–Crippen MR) is 59.1 cm³/mol. The maximum Gasteiger partial charge on any atom is 0.0684 e. The Labute approximate surface area is 83.9 Å². The highest BCUT2D eigenvalue weighted by molar-refractivity contribution is 7.84. The van der Waals surface area contributed by atoms with Gasteiger partial charge in [0, 0.05) is 22.3 Å². The van der Waals surface area contributed by atoms with Crippen LogP contribution in [0.4, 0.5) is 0 Å². The quantitative estimate of drug-likeness (QED) is 0.653. The summed E-state index contributed by atoms with van der Waals surface area (Å²) in [7, 11) is -0.721. The molecule has 0 aliphatic carbocycles. The number of hydrogen-bond donors (Lipinski definition) is 1. The lowest BCUT2D eigenvalue weighted by molar-refractivity contribution is 0.569. The van der Waals surface area contributed by atoms with Crippen LogP contribution in [0, 0.1) is 12.3 Å². The molecule has 0 fully saturated rings. The van der Waals surface area contributed by atoms with Gasteiger partial charge in [-0.05, 0) is 19.4 Å². The topological polar surface area (TPSA) is 29.1 Å². The molecule has 0 radical (unpaired) electrons. The Hall–Kier alpha value is -0.330. The molecule has 0 amide bonds. The largest absolute Gasteiger partial charge is 0.304 e. The zero-order valence-corrected chi connectivity index (χ0v) is 9.49. The minimum atomic E-state index is -0.721. The zero-order chi connectivity index (χ0) is 10.3. The van der Waals surface area contributed by atoms with Crippen molar-refractivity contribution in [1.29, 1.82) is 0 Å².